The van der Waals surface area contributed by atoms with Gasteiger partial charge in [0.25, 0.3) is 0 Å². The number of hydrogen-bond acceptors (Lipinski definition) is 6. The van der Waals surface area contributed by atoms with Crippen molar-refractivity contribution in [1.29, 1.82) is 0 Å². The maximum Gasteiger partial charge on any atom is 0.224 e. The summed E-state index contributed by atoms with van der Waals surface area (Å²) in [5.41, 5.74) is 2.03. The highest BCUT2D eigenvalue weighted by Crippen LogP contribution is 2.15. The highest BCUT2D eigenvalue weighted by atomic mass is 35.5. The van der Waals surface area contributed by atoms with Gasteiger partial charge in [0.05, 0.1) is 6.42 Å². The van der Waals surface area contributed by atoms with Crippen LogP contribution in [0.1, 0.15) is 11.1 Å². The van der Waals surface area contributed by atoms with Crippen LogP contribution < -0.4 is 16.0 Å². The summed E-state index contributed by atoms with van der Waals surface area (Å²) in [6.45, 7) is 3.03. The Balaban J connectivity index is 1.43. The first kappa shape index (κ1) is 19.6. The summed E-state index contributed by atoms with van der Waals surface area (Å²) >= 11 is 5.84. The lowest BCUT2D eigenvalue weighted by Crippen LogP contribution is -2.30. The Morgan fingerprint density at radius 3 is 2.50 bits per heavy atom. The molecule has 2 aromatic heterocycles. The number of carbonyl (C=O) groups is 1. The number of pyridine rings is 1. The van der Waals surface area contributed by atoms with E-state index < -0.39 is 0 Å². The second-order valence-electron chi connectivity index (χ2n) is 6.21. The van der Waals surface area contributed by atoms with Crippen LogP contribution in [0.2, 0.25) is 5.02 Å². The normalized spacial score (nSPS) is 10.4. The van der Waals surface area contributed by atoms with Gasteiger partial charge < -0.3 is 16.0 Å². The van der Waals surface area contributed by atoms with Crippen LogP contribution in [0, 0.1) is 6.92 Å². The maximum atomic E-state index is 12.0. The van der Waals surface area contributed by atoms with Gasteiger partial charge >= 0.3 is 0 Å². The molecule has 1 aromatic carbocycles. The average molecular weight is 397 g/mol. The van der Waals surface area contributed by atoms with Gasteiger partial charge in [0, 0.05) is 30.4 Å². The minimum atomic E-state index is -0.0420. The Hall–Kier alpha value is -3.19. The summed E-state index contributed by atoms with van der Waals surface area (Å²) in [5, 5.41) is 9.84. The zero-order chi connectivity index (χ0) is 19.8. The lowest BCUT2D eigenvalue weighted by molar-refractivity contribution is -0.120. The fourth-order valence-electron chi connectivity index (χ4n) is 2.50. The summed E-state index contributed by atoms with van der Waals surface area (Å²) in [7, 11) is 0. The van der Waals surface area contributed by atoms with E-state index in [1.807, 2.05) is 31.2 Å². The number of hydrogen-bond donors (Lipinski definition) is 3. The van der Waals surface area contributed by atoms with Crippen LogP contribution in [0.4, 0.5) is 17.5 Å². The smallest absolute Gasteiger partial charge is 0.224 e. The molecule has 3 N–H and O–H groups in total. The number of nitrogens with zero attached hydrogens (tertiary/aromatic N) is 3. The number of carbonyl (C=O) groups excluding carboxylic acids is 1. The molecule has 0 saturated carbocycles. The van der Waals surface area contributed by atoms with Gasteiger partial charge in [-0.3, -0.25) is 4.79 Å². The highest BCUT2D eigenvalue weighted by Gasteiger charge is 2.04. The fourth-order valence-corrected chi connectivity index (χ4v) is 2.63. The van der Waals surface area contributed by atoms with Crippen molar-refractivity contribution in [3.8, 4) is 0 Å². The first-order chi connectivity index (χ1) is 13.6. The monoisotopic (exact) mass is 396 g/mol. The van der Waals surface area contributed by atoms with Crippen LogP contribution in [0.15, 0.2) is 55.0 Å². The number of amides is 1. The quantitative estimate of drug-likeness (QED) is 0.506. The van der Waals surface area contributed by atoms with Gasteiger partial charge in [0.15, 0.2) is 0 Å². The van der Waals surface area contributed by atoms with E-state index in [2.05, 4.69) is 30.9 Å². The van der Waals surface area contributed by atoms with E-state index in [0.29, 0.717) is 36.2 Å². The summed E-state index contributed by atoms with van der Waals surface area (Å²) in [6.07, 6.45) is 3.53. The molecule has 0 aliphatic rings. The third-order valence-corrected chi connectivity index (χ3v) is 4.12. The number of aryl methyl sites for hydroxylation is 1. The molecule has 144 valence electrons. The van der Waals surface area contributed by atoms with Gasteiger partial charge in [-0.1, -0.05) is 23.7 Å². The number of nitrogens with one attached hydrogen (secondary N) is 3. The molecule has 7 nitrogen and oxygen atoms in total. The van der Waals surface area contributed by atoms with E-state index in [4.69, 9.17) is 11.6 Å². The van der Waals surface area contributed by atoms with Gasteiger partial charge in [0.2, 0.25) is 5.91 Å². The summed E-state index contributed by atoms with van der Waals surface area (Å²) in [6, 6.07) is 12.9. The second kappa shape index (κ2) is 9.66. The largest absolute Gasteiger partial charge is 0.368 e. The lowest BCUT2D eigenvalue weighted by Gasteiger charge is -2.09. The molecule has 0 atom stereocenters. The van der Waals surface area contributed by atoms with Crippen molar-refractivity contribution >= 4 is 35.0 Å². The molecule has 0 fully saturated rings. The predicted octanol–water partition coefficient (Wildman–Crippen LogP) is 3.35. The molecule has 0 aliphatic heterocycles. The number of halogens is 1. The predicted molar refractivity (Wildman–Crippen MR) is 111 cm³/mol. The first-order valence-corrected chi connectivity index (χ1v) is 9.23. The molecule has 28 heavy (non-hydrogen) atoms. The van der Waals surface area contributed by atoms with Gasteiger partial charge in [0.1, 0.15) is 23.8 Å². The Morgan fingerprint density at radius 1 is 0.964 bits per heavy atom. The molecule has 3 rings (SSSR count). The topological polar surface area (TPSA) is 91.8 Å². The summed E-state index contributed by atoms with van der Waals surface area (Å²) in [4.78, 5) is 24.6. The van der Waals surface area contributed by atoms with E-state index >= 15 is 0 Å². The van der Waals surface area contributed by atoms with Gasteiger partial charge in [-0.15, -0.1) is 0 Å². The van der Waals surface area contributed by atoms with Crippen LogP contribution in [0.25, 0.3) is 0 Å². The third-order valence-electron chi connectivity index (χ3n) is 3.87. The minimum Gasteiger partial charge on any atom is -0.368 e. The Kier molecular flexibility index (Phi) is 6.75. The van der Waals surface area contributed by atoms with Crippen molar-refractivity contribution < 1.29 is 4.79 Å². The molecule has 0 radical (unpaired) electrons. The van der Waals surface area contributed by atoms with Crippen LogP contribution in [-0.4, -0.2) is 33.9 Å². The number of aromatic nitrogens is 3. The van der Waals surface area contributed by atoms with Gasteiger partial charge in [-0.25, -0.2) is 15.0 Å². The molecule has 0 spiro atoms. The Bertz CT molecular complexity index is 932. The van der Waals surface area contributed by atoms with Crippen molar-refractivity contribution in [2.24, 2.45) is 0 Å². The second-order valence-corrected chi connectivity index (χ2v) is 6.65. The van der Waals surface area contributed by atoms with Gasteiger partial charge in [-0.2, -0.15) is 0 Å². The molecule has 0 bridgehead atoms. The standard InChI is InChI=1S/C20H21ClN6O/c1-14-6-7-22-18(10-14)27-19-12-17(25-13-26-19)23-8-9-24-20(28)11-15-2-4-16(21)5-3-15/h2-7,10,12-13H,8-9,11H2,1H3,(H,24,28)(H2,22,23,25,26,27). The molecule has 1 amide bonds. The van der Waals surface area contributed by atoms with Gasteiger partial charge in [-0.05, 0) is 42.3 Å². The van der Waals surface area contributed by atoms with E-state index in [0.717, 1.165) is 16.9 Å². The van der Waals surface area contributed by atoms with Crippen LogP contribution in [0.3, 0.4) is 0 Å². The molecule has 2 heterocycles. The van der Waals surface area contributed by atoms with Crippen LogP contribution in [-0.2, 0) is 11.2 Å². The zero-order valence-electron chi connectivity index (χ0n) is 15.4. The fraction of sp³-hybridized carbons (Fsp3) is 0.200. The summed E-state index contributed by atoms with van der Waals surface area (Å²) < 4.78 is 0. The average Bonchev–Trinajstić information content (AvgIpc) is 2.67. The Morgan fingerprint density at radius 2 is 1.71 bits per heavy atom. The Labute approximate surface area is 168 Å². The SMILES string of the molecule is Cc1ccnc(Nc2cc(NCCNC(=O)Cc3ccc(Cl)cc3)ncn2)c1. The molecule has 3 aromatic rings. The van der Waals surface area contributed by atoms with E-state index in [1.165, 1.54) is 6.33 Å². The molecule has 0 aliphatic carbocycles. The van der Waals surface area contributed by atoms with Crippen molar-refractivity contribution in [2.75, 3.05) is 23.7 Å². The van der Waals surface area contributed by atoms with Crippen molar-refractivity contribution in [1.82, 2.24) is 20.3 Å². The van der Waals surface area contributed by atoms with Crippen LogP contribution in [0.5, 0.6) is 0 Å². The van der Waals surface area contributed by atoms with Crippen LogP contribution >= 0.6 is 11.6 Å². The number of benzene rings is 1. The van der Waals surface area contributed by atoms with E-state index in [1.54, 1.807) is 24.4 Å². The van der Waals surface area contributed by atoms with E-state index in [9.17, 15) is 4.79 Å². The molecular formula is C20H21ClN6O. The molecule has 0 unspecified atom stereocenters. The maximum absolute atomic E-state index is 12.0. The third kappa shape index (κ3) is 6.21. The van der Waals surface area contributed by atoms with E-state index in [-0.39, 0.29) is 5.91 Å². The number of anilines is 3. The van der Waals surface area contributed by atoms with Crippen molar-refractivity contribution in [3.63, 3.8) is 0 Å². The minimum absolute atomic E-state index is 0.0420. The highest BCUT2D eigenvalue weighted by molar-refractivity contribution is 6.30. The molecule has 0 saturated heterocycles. The molecular weight excluding hydrogens is 376 g/mol. The molecule has 8 heteroatoms. The zero-order valence-corrected chi connectivity index (χ0v) is 16.2. The number of rotatable bonds is 8. The first-order valence-electron chi connectivity index (χ1n) is 8.85. The van der Waals surface area contributed by atoms with Crippen molar-refractivity contribution in [3.05, 3.63) is 71.1 Å². The van der Waals surface area contributed by atoms with Crippen molar-refractivity contribution in [2.45, 2.75) is 13.3 Å². The lowest BCUT2D eigenvalue weighted by atomic mass is 10.1. The summed E-state index contributed by atoms with van der Waals surface area (Å²) in [5.74, 6) is 1.98.